The monoisotopic (exact) mass is 715 g/mol. The molecule has 0 aliphatic heterocycles. The Hall–Kier alpha value is -6.96. The van der Waals surface area contributed by atoms with Crippen molar-refractivity contribution in [2.75, 3.05) is 4.90 Å². The van der Waals surface area contributed by atoms with Crippen LogP contribution >= 0.6 is 0 Å². The lowest BCUT2D eigenvalue weighted by atomic mass is 9.83. The molecule has 10 rings (SSSR count). The Morgan fingerprint density at radius 3 is 1.59 bits per heavy atom. The van der Waals surface area contributed by atoms with E-state index < -0.39 is 0 Å². The molecule has 1 atom stereocenters. The Kier molecular flexibility index (Phi) is 8.82. The Balaban J connectivity index is 0.944. The first-order chi connectivity index (χ1) is 27.7. The number of anilines is 3. The average molecular weight is 716 g/mol. The highest BCUT2D eigenvalue weighted by atomic mass is 15.1. The second kappa shape index (κ2) is 14.7. The van der Waals surface area contributed by atoms with Crippen LogP contribution in [0.4, 0.5) is 17.1 Å². The zero-order valence-electron chi connectivity index (χ0n) is 31.2. The predicted octanol–water partition coefficient (Wildman–Crippen LogP) is 15.2. The summed E-state index contributed by atoms with van der Waals surface area (Å²) in [6.45, 7) is 0. The third kappa shape index (κ3) is 6.48. The van der Waals surface area contributed by atoms with Crippen molar-refractivity contribution in [1.82, 2.24) is 0 Å². The van der Waals surface area contributed by atoms with Crippen molar-refractivity contribution in [2.24, 2.45) is 0 Å². The molecule has 1 heteroatoms. The fourth-order valence-corrected chi connectivity index (χ4v) is 8.60. The van der Waals surface area contributed by atoms with E-state index >= 15 is 0 Å². The number of fused-ring (bicyclic) bond motifs is 4. The molecule has 0 aliphatic rings. The molecule has 0 heterocycles. The van der Waals surface area contributed by atoms with Crippen molar-refractivity contribution in [1.29, 1.82) is 0 Å². The van der Waals surface area contributed by atoms with Gasteiger partial charge in [0, 0.05) is 22.7 Å². The molecule has 1 unspecified atom stereocenters. The summed E-state index contributed by atoms with van der Waals surface area (Å²) in [6, 6.07) is 80.2. The van der Waals surface area contributed by atoms with Gasteiger partial charge in [0.25, 0.3) is 0 Å². The van der Waals surface area contributed by atoms with Gasteiger partial charge in [0.2, 0.25) is 0 Å². The molecule has 10 aromatic rings. The molecule has 10 aromatic carbocycles. The molecule has 0 fully saturated rings. The van der Waals surface area contributed by atoms with Gasteiger partial charge in [0.15, 0.2) is 0 Å². The average Bonchev–Trinajstić information content (AvgIpc) is 3.27. The maximum atomic E-state index is 2.40. The highest BCUT2D eigenvalue weighted by molar-refractivity contribution is 6.00. The van der Waals surface area contributed by atoms with Gasteiger partial charge in [-0.2, -0.15) is 0 Å². The van der Waals surface area contributed by atoms with E-state index in [1.807, 2.05) is 0 Å². The molecule has 0 amide bonds. The summed E-state index contributed by atoms with van der Waals surface area (Å²) in [7, 11) is 0. The predicted molar refractivity (Wildman–Crippen MR) is 240 cm³/mol. The summed E-state index contributed by atoms with van der Waals surface area (Å²) in [4.78, 5) is 2.39. The lowest BCUT2D eigenvalue weighted by Crippen LogP contribution is -2.10. The largest absolute Gasteiger partial charge is 0.310 e. The third-order valence-electron chi connectivity index (χ3n) is 11.5. The molecule has 266 valence electrons. The molecule has 0 aromatic heterocycles. The molecule has 1 nitrogen and oxygen atoms in total. The molecule has 0 radical (unpaired) electrons. The number of hydrogen-bond acceptors (Lipinski definition) is 1. The van der Waals surface area contributed by atoms with Crippen LogP contribution < -0.4 is 4.90 Å². The Morgan fingerprint density at radius 2 is 0.875 bits per heavy atom. The second-order valence-electron chi connectivity index (χ2n) is 14.9. The van der Waals surface area contributed by atoms with Crippen molar-refractivity contribution in [2.45, 2.75) is 18.8 Å². The van der Waals surface area contributed by atoms with Crippen molar-refractivity contribution in [3.63, 3.8) is 0 Å². The third-order valence-corrected chi connectivity index (χ3v) is 11.5. The minimum absolute atomic E-state index is 0.283. The Labute approximate surface area is 328 Å². The standard InChI is InChI=1S/C55H41N/c1-3-15-46-37-48(29-28-40(46)11-1)52(54-21-9-17-44-13-5-7-19-51(44)54)36-25-39-23-26-42(27-24-39)43-30-33-49(34-31-43)56(50-35-32-41-12-2-4-16-47(41)38-50)55-22-10-18-45-14-6-8-20-53(45)55/h1-24,26-35,37-38,52H,25,36H2. The van der Waals surface area contributed by atoms with Crippen LogP contribution in [-0.2, 0) is 6.42 Å². The van der Waals surface area contributed by atoms with Crippen molar-refractivity contribution in [3.8, 4) is 11.1 Å². The summed E-state index contributed by atoms with van der Waals surface area (Å²) < 4.78 is 0. The molecule has 0 bridgehead atoms. The number of aryl methyl sites for hydroxylation is 1. The molecular formula is C55H41N. The fraction of sp³-hybridized carbons (Fsp3) is 0.0545. The first-order valence-electron chi connectivity index (χ1n) is 19.7. The zero-order valence-corrected chi connectivity index (χ0v) is 31.2. The maximum absolute atomic E-state index is 2.40. The van der Waals surface area contributed by atoms with Gasteiger partial charge in [-0.1, -0.05) is 188 Å². The summed E-state index contributed by atoms with van der Waals surface area (Å²) in [5.41, 5.74) is 10.0. The minimum Gasteiger partial charge on any atom is -0.310 e. The highest BCUT2D eigenvalue weighted by Crippen LogP contribution is 2.41. The van der Waals surface area contributed by atoms with Crippen LogP contribution in [0.5, 0.6) is 0 Å². The SMILES string of the molecule is c1ccc2cc(C(CCc3ccc(-c4ccc(N(c5ccc6ccccc6c5)c5cccc6ccccc56)cc4)cc3)c3cccc4ccccc34)ccc2c1. The van der Waals surface area contributed by atoms with E-state index in [2.05, 4.69) is 223 Å². The van der Waals surface area contributed by atoms with Crippen molar-refractivity contribution in [3.05, 3.63) is 235 Å². The Bertz CT molecular complexity index is 2970. The smallest absolute Gasteiger partial charge is 0.0540 e. The highest BCUT2D eigenvalue weighted by Gasteiger charge is 2.19. The first kappa shape index (κ1) is 33.6. The lowest BCUT2D eigenvalue weighted by molar-refractivity contribution is 0.721. The quantitative estimate of drug-likeness (QED) is 0.144. The summed E-state index contributed by atoms with van der Waals surface area (Å²) in [6.07, 6.45) is 2.02. The summed E-state index contributed by atoms with van der Waals surface area (Å²) in [5, 5.41) is 10.1. The fourth-order valence-electron chi connectivity index (χ4n) is 8.60. The van der Waals surface area contributed by atoms with Gasteiger partial charge in [-0.05, 0) is 109 Å². The van der Waals surface area contributed by atoms with Crippen LogP contribution in [0.1, 0.15) is 29.0 Å². The molecule has 56 heavy (non-hydrogen) atoms. The van der Waals surface area contributed by atoms with Crippen LogP contribution in [0.15, 0.2) is 218 Å². The van der Waals surface area contributed by atoms with E-state index in [4.69, 9.17) is 0 Å². The van der Waals surface area contributed by atoms with Gasteiger partial charge >= 0.3 is 0 Å². The molecule has 0 spiro atoms. The van der Waals surface area contributed by atoms with Gasteiger partial charge in [-0.25, -0.2) is 0 Å². The van der Waals surface area contributed by atoms with Crippen LogP contribution in [0.25, 0.3) is 54.2 Å². The van der Waals surface area contributed by atoms with Crippen LogP contribution in [-0.4, -0.2) is 0 Å². The summed E-state index contributed by atoms with van der Waals surface area (Å²) in [5.74, 6) is 0.283. The van der Waals surface area contributed by atoms with E-state index in [-0.39, 0.29) is 5.92 Å². The molecule has 0 N–H and O–H groups in total. The van der Waals surface area contributed by atoms with E-state index in [1.165, 1.54) is 76.6 Å². The number of benzene rings is 10. The van der Waals surface area contributed by atoms with Gasteiger partial charge in [0.1, 0.15) is 0 Å². The second-order valence-corrected chi connectivity index (χ2v) is 14.9. The van der Waals surface area contributed by atoms with Gasteiger partial charge in [-0.15, -0.1) is 0 Å². The Morgan fingerprint density at radius 1 is 0.357 bits per heavy atom. The van der Waals surface area contributed by atoms with Crippen molar-refractivity contribution < 1.29 is 0 Å². The molecule has 0 saturated heterocycles. The number of nitrogens with zero attached hydrogens (tertiary/aromatic N) is 1. The first-order valence-corrected chi connectivity index (χ1v) is 19.7. The minimum atomic E-state index is 0.283. The van der Waals surface area contributed by atoms with E-state index in [9.17, 15) is 0 Å². The van der Waals surface area contributed by atoms with Gasteiger partial charge in [-0.3, -0.25) is 0 Å². The molecular weight excluding hydrogens is 675 g/mol. The summed E-state index contributed by atoms with van der Waals surface area (Å²) >= 11 is 0. The molecule has 0 saturated carbocycles. The topological polar surface area (TPSA) is 3.24 Å². The number of hydrogen-bond donors (Lipinski definition) is 0. The normalized spacial score (nSPS) is 12.0. The van der Waals surface area contributed by atoms with E-state index in [0.29, 0.717) is 0 Å². The zero-order chi connectivity index (χ0) is 37.3. The van der Waals surface area contributed by atoms with E-state index in [1.54, 1.807) is 0 Å². The van der Waals surface area contributed by atoms with Crippen LogP contribution in [0, 0.1) is 0 Å². The van der Waals surface area contributed by atoms with Gasteiger partial charge < -0.3 is 4.90 Å². The van der Waals surface area contributed by atoms with Crippen LogP contribution in [0.3, 0.4) is 0 Å². The van der Waals surface area contributed by atoms with Crippen LogP contribution in [0.2, 0.25) is 0 Å². The maximum Gasteiger partial charge on any atom is 0.0540 e. The van der Waals surface area contributed by atoms with Gasteiger partial charge in [0.05, 0.1) is 5.69 Å². The lowest BCUT2D eigenvalue weighted by Gasteiger charge is -2.27. The number of rotatable bonds is 9. The van der Waals surface area contributed by atoms with E-state index in [0.717, 1.165) is 24.2 Å². The van der Waals surface area contributed by atoms with Crippen molar-refractivity contribution >= 4 is 60.2 Å². The molecule has 0 aliphatic carbocycles.